The third-order valence-corrected chi connectivity index (χ3v) is 14.1. The van der Waals surface area contributed by atoms with E-state index in [1.54, 1.807) is 0 Å². The van der Waals surface area contributed by atoms with Crippen LogP contribution < -0.4 is 16.0 Å². The molecule has 9 heteroatoms. The van der Waals surface area contributed by atoms with E-state index in [-0.39, 0.29) is 0 Å². The zero-order valence-corrected chi connectivity index (χ0v) is 49.2. The maximum atomic E-state index is 5.61. The molecule has 0 atom stereocenters. The standard InChI is InChI=1S/C75H69N9/c1-49-10-28-58(29-11-49)70(76-64-34-16-52(4)17-35-64)82-73(79-67-40-22-55(7)23-41-67)61-46-62(74(80-68-42-24-56(8)25-43-68)83-71(59-30-12-50(2)13-31-59)77-65-36-18-53(5)19-37-65)48-63(47-61)75(81-69-44-26-57(9)27-45-69)84-72(60-32-14-51(3)15-33-60)78-66-38-20-54(6)21-39-66/h10-48H,1-9H3,(H,76,79,82)(H,77,80,83)(H,78,81,84). The topological polar surface area (TPSA) is 110 Å². The van der Waals surface area contributed by atoms with Crippen LogP contribution in [0.3, 0.4) is 0 Å². The van der Waals surface area contributed by atoms with E-state index in [1.165, 1.54) is 0 Å². The van der Waals surface area contributed by atoms with Gasteiger partial charge in [0.05, 0.1) is 17.1 Å². The quantitative estimate of drug-likeness (QED) is 0.0837. The van der Waals surface area contributed by atoms with Gasteiger partial charge in [0, 0.05) is 50.4 Å². The summed E-state index contributed by atoms with van der Waals surface area (Å²) in [6, 6.07) is 80.8. The molecule has 10 rings (SSSR count). The van der Waals surface area contributed by atoms with Crippen LogP contribution in [0.2, 0.25) is 0 Å². The van der Waals surface area contributed by atoms with Gasteiger partial charge in [0.25, 0.3) is 0 Å². The van der Waals surface area contributed by atoms with Gasteiger partial charge < -0.3 is 16.0 Å². The maximum Gasteiger partial charge on any atom is 0.162 e. The Balaban J connectivity index is 1.31. The second-order valence-electron chi connectivity index (χ2n) is 21.6. The predicted molar refractivity (Wildman–Crippen MR) is 356 cm³/mol. The van der Waals surface area contributed by atoms with Crippen molar-refractivity contribution in [3.8, 4) is 0 Å². The minimum Gasteiger partial charge on any atom is -0.340 e. The second-order valence-corrected chi connectivity index (χ2v) is 21.6. The van der Waals surface area contributed by atoms with E-state index in [9.17, 15) is 0 Å². The average Bonchev–Trinajstić information content (AvgIpc) is 3.70. The van der Waals surface area contributed by atoms with Gasteiger partial charge in [0.1, 0.15) is 17.5 Å². The molecule has 84 heavy (non-hydrogen) atoms. The number of rotatable bonds is 12. The first-order chi connectivity index (χ1) is 40.7. The van der Waals surface area contributed by atoms with Crippen LogP contribution in [0.4, 0.5) is 34.1 Å². The van der Waals surface area contributed by atoms with Gasteiger partial charge in [-0.2, -0.15) is 0 Å². The fourth-order valence-corrected chi connectivity index (χ4v) is 8.97. The van der Waals surface area contributed by atoms with Crippen LogP contribution in [0, 0.1) is 62.3 Å². The fraction of sp³-hybridized carbons (Fsp3) is 0.120. The Morgan fingerprint density at radius 2 is 0.393 bits per heavy atom. The largest absolute Gasteiger partial charge is 0.340 e. The molecule has 0 aliphatic rings. The smallest absolute Gasteiger partial charge is 0.162 e. The van der Waals surface area contributed by atoms with E-state index < -0.39 is 0 Å². The number of nitrogens with one attached hydrogen (secondary N) is 3. The van der Waals surface area contributed by atoms with Crippen LogP contribution in [0.15, 0.2) is 267 Å². The summed E-state index contributed by atoms with van der Waals surface area (Å²) in [6.07, 6.45) is 0. The van der Waals surface area contributed by atoms with Gasteiger partial charge in [0.15, 0.2) is 17.5 Å². The van der Waals surface area contributed by atoms with E-state index in [1.807, 2.05) is 36.4 Å². The highest BCUT2D eigenvalue weighted by molar-refractivity contribution is 6.22. The molecule has 0 fully saturated rings. The maximum absolute atomic E-state index is 5.61. The minimum absolute atomic E-state index is 0.419. The highest BCUT2D eigenvalue weighted by Gasteiger charge is 2.20. The van der Waals surface area contributed by atoms with Crippen molar-refractivity contribution in [2.75, 3.05) is 16.0 Å². The van der Waals surface area contributed by atoms with Crippen molar-refractivity contribution in [3.63, 3.8) is 0 Å². The van der Waals surface area contributed by atoms with E-state index >= 15 is 0 Å². The van der Waals surface area contributed by atoms with Crippen molar-refractivity contribution in [2.45, 2.75) is 62.3 Å². The molecule has 0 aliphatic heterocycles. The summed E-state index contributed by atoms with van der Waals surface area (Å²) in [7, 11) is 0. The van der Waals surface area contributed by atoms with Crippen molar-refractivity contribution >= 4 is 69.1 Å². The molecule has 0 amide bonds. The van der Waals surface area contributed by atoms with E-state index in [0.29, 0.717) is 51.7 Å². The summed E-state index contributed by atoms with van der Waals surface area (Å²) in [4.78, 5) is 33.2. The Labute approximate surface area is 494 Å². The van der Waals surface area contributed by atoms with E-state index in [4.69, 9.17) is 30.0 Å². The zero-order valence-electron chi connectivity index (χ0n) is 49.2. The highest BCUT2D eigenvalue weighted by Crippen LogP contribution is 2.27. The number of aliphatic imine (C=N–C) groups is 6. The summed E-state index contributed by atoms with van der Waals surface area (Å²) in [6.45, 7) is 18.7. The number of nitrogens with zero attached hydrogens (tertiary/aromatic N) is 6. The van der Waals surface area contributed by atoms with Crippen molar-refractivity contribution in [1.82, 2.24) is 0 Å². The van der Waals surface area contributed by atoms with Crippen molar-refractivity contribution in [2.24, 2.45) is 30.0 Å². The lowest BCUT2D eigenvalue weighted by Gasteiger charge is -2.16. The molecular formula is C75H69N9. The number of hydrogen-bond acceptors (Lipinski definition) is 3. The molecule has 9 nitrogen and oxygen atoms in total. The predicted octanol–water partition coefficient (Wildman–Crippen LogP) is 18.4. The first-order valence-electron chi connectivity index (χ1n) is 28.3. The summed E-state index contributed by atoms with van der Waals surface area (Å²) < 4.78 is 0. The molecule has 414 valence electrons. The van der Waals surface area contributed by atoms with Gasteiger partial charge in [0.2, 0.25) is 0 Å². The Morgan fingerprint density at radius 3 is 0.595 bits per heavy atom. The Kier molecular flexibility index (Phi) is 17.9. The highest BCUT2D eigenvalue weighted by atomic mass is 15.1. The van der Waals surface area contributed by atoms with E-state index in [2.05, 4.69) is 278 Å². The van der Waals surface area contributed by atoms with Gasteiger partial charge in [-0.1, -0.05) is 196 Å². The lowest BCUT2D eigenvalue weighted by molar-refractivity contribution is 1.37. The minimum atomic E-state index is 0.419. The van der Waals surface area contributed by atoms with Crippen LogP contribution in [0.5, 0.6) is 0 Å². The fourth-order valence-electron chi connectivity index (χ4n) is 8.97. The molecule has 0 radical (unpaired) electrons. The number of anilines is 3. The van der Waals surface area contributed by atoms with Gasteiger partial charge in [-0.25, -0.2) is 30.0 Å². The lowest BCUT2D eigenvalue weighted by Crippen LogP contribution is -2.19. The van der Waals surface area contributed by atoms with Crippen molar-refractivity contribution in [3.05, 3.63) is 320 Å². The summed E-state index contributed by atoms with van der Waals surface area (Å²) >= 11 is 0. The summed E-state index contributed by atoms with van der Waals surface area (Å²) in [5.41, 5.74) is 19.6. The summed E-state index contributed by atoms with van der Waals surface area (Å²) in [5, 5.41) is 11.1. The summed E-state index contributed by atoms with van der Waals surface area (Å²) in [5.74, 6) is 3.06. The number of amidine groups is 6. The van der Waals surface area contributed by atoms with Gasteiger partial charge in [-0.05, 0) is 153 Å². The van der Waals surface area contributed by atoms with Crippen molar-refractivity contribution < 1.29 is 0 Å². The lowest BCUT2D eigenvalue weighted by atomic mass is 10.0. The first kappa shape index (κ1) is 56.9. The van der Waals surface area contributed by atoms with Crippen LogP contribution >= 0.6 is 0 Å². The Hall–Kier alpha value is -10.4. The molecular weight excluding hydrogens is 1030 g/mol. The normalized spacial score (nSPS) is 12.5. The van der Waals surface area contributed by atoms with Gasteiger partial charge in [-0.15, -0.1) is 0 Å². The number of benzene rings is 10. The van der Waals surface area contributed by atoms with Crippen LogP contribution in [-0.2, 0) is 0 Å². The average molecular weight is 1100 g/mol. The van der Waals surface area contributed by atoms with Gasteiger partial charge >= 0.3 is 0 Å². The number of aryl methyl sites for hydroxylation is 9. The van der Waals surface area contributed by atoms with Crippen LogP contribution in [0.1, 0.15) is 83.5 Å². The number of hydrogen-bond donors (Lipinski definition) is 3. The third-order valence-electron chi connectivity index (χ3n) is 14.1. The molecule has 10 aromatic carbocycles. The molecule has 3 N–H and O–H groups in total. The first-order valence-corrected chi connectivity index (χ1v) is 28.3. The molecule has 0 saturated heterocycles. The molecule has 0 aliphatic carbocycles. The molecule has 0 spiro atoms. The third kappa shape index (κ3) is 15.5. The van der Waals surface area contributed by atoms with Crippen LogP contribution in [-0.4, -0.2) is 35.0 Å². The Bertz CT molecular complexity index is 3640. The monoisotopic (exact) mass is 1100 g/mol. The zero-order chi connectivity index (χ0) is 58.5. The van der Waals surface area contributed by atoms with Crippen LogP contribution in [0.25, 0.3) is 0 Å². The molecule has 0 aromatic heterocycles. The SMILES string of the molecule is Cc1ccc(N=C(N=C(Nc2ccc(C)cc2)c2ccc(C)cc2)c2cc(C(=Nc3ccc(C)cc3)N=C(Nc3ccc(C)cc3)c3ccc(C)cc3)cc(C(=Nc3ccc(C)cc3)N=C(Nc3ccc(C)cc3)c3ccc(C)cc3)c2)cc1. The molecule has 0 heterocycles. The van der Waals surface area contributed by atoms with Gasteiger partial charge in [-0.3, -0.25) is 0 Å². The molecule has 0 unspecified atom stereocenters. The molecule has 0 saturated carbocycles. The van der Waals surface area contributed by atoms with E-state index in [0.717, 1.165) is 101 Å². The molecule has 0 bridgehead atoms. The second kappa shape index (κ2) is 26.5. The molecule has 10 aromatic rings. The van der Waals surface area contributed by atoms with Crippen molar-refractivity contribution in [1.29, 1.82) is 0 Å². The Morgan fingerprint density at radius 1 is 0.214 bits per heavy atom.